The summed E-state index contributed by atoms with van der Waals surface area (Å²) in [4.78, 5) is 14.0. The van der Waals surface area contributed by atoms with Gasteiger partial charge in [0.25, 0.3) is 0 Å². The van der Waals surface area contributed by atoms with Crippen LogP contribution in [-0.4, -0.2) is 44.4 Å². The first-order valence-corrected chi connectivity index (χ1v) is 9.53. The lowest BCUT2D eigenvalue weighted by atomic mass is 10.2. The van der Waals surface area contributed by atoms with Crippen LogP contribution in [0.1, 0.15) is 17.4 Å². The van der Waals surface area contributed by atoms with Gasteiger partial charge in [0.1, 0.15) is 4.83 Å². The van der Waals surface area contributed by atoms with Gasteiger partial charge < -0.3 is 10.0 Å². The zero-order chi connectivity index (χ0) is 18.3. The molecular formula is C19H21N5OS. The van der Waals surface area contributed by atoms with Crippen LogP contribution >= 0.6 is 11.3 Å². The van der Waals surface area contributed by atoms with E-state index in [1.807, 2.05) is 46.7 Å². The summed E-state index contributed by atoms with van der Waals surface area (Å²) in [6.45, 7) is 7.58. The summed E-state index contributed by atoms with van der Waals surface area (Å²) in [5, 5.41) is 15.3. The van der Waals surface area contributed by atoms with Crippen LogP contribution in [0.5, 0.6) is 0 Å². The number of anilines is 1. The van der Waals surface area contributed by atoms with Crippen molar-refractivity contribution in [3.63, 3.8) is 0 Å². The molecular weight excluding hydrogens is 346 g/mol. The molecule has 4 aromatic rings. The van der Waals surface area contributed by atoms with Crippen molar-refractivity contribution in [1.29, 1.82) is 0 Å². The highest BCUT2D eigenvalue weighted by Gasteiger charge is 2.21. The van der Waals surface area contributed by atoms with Gasteiger partial charge in [0.15, 0.2) is 11.5 Å². The molecule has 0 amide bonds. The molecule has 3 aromatic heterocycles. The third-order valence-corrected chi connectivity index (χ3v) is 5.76. The number of hydrogen-bond acceptors (Lipinski definition) is 6. The summed E-state index contributed by atoms with van der Waals surface area (Å²) in [6.07, 6.45) is 0. The van der Waals surface area contributed by atoms with E-state index in [2.05, 4.69) is 13.8 Å². The number of aromatic nitrogens is 4. The van der Waals surface area contributed by atoms with E-state index < -0.39 is 0 Å². The van der Waals surface area contributed by atoms with E-state index in [1.165, 1.54) is 10.4 Å². The largest absolute Gasteiger partial charge is 0.395 e. The normalized spacial score (nSPS) is 11.5. The Hall–Kier alpha value is -2.51. The Bertz CT molecular complexity index is 1070. The van der Waals surface area contributed by atoms with Gasteiger partial charge in [-0.15, -0.1) is 16.4 Å². The predicted molar refractivity (Wildman–Crippen MR) is 106 cm³/mol. The molecule has 0 bridgehead atoms. The van der Waals surface area contributed by atoms with Crippen molar-refractivity contribution in [2.75, 3.05) is 24.6 Å². The van der Waals surface area contributed by atoms with Crippen LogP contribution in [0.4, 0.5) is 5.95 Å². The van der Waals surface area contributed by atoms with Crippen LogP contribution in [0, 0.1) is 13.8 Å². The molecule has 0 saturated heterocycles. The van der Waals surface area contributed by atoms with Crippen molar-refractivity contribution < 1.29 is 5.11 Å². The van der Waals surface area contributed by atoms with Gasteiger partial charge in [-0.2, -0.15) is 4.52 Å². The zero-order valence-corrected chi connectivity index (χ0v) is 15.9. The molecule has 0 fully saturated rings. The average Bonchev–Trinajstić information content (AvgIpc) is 3.21. The molecule has 134 valence electrons. The van der Waals surface area contributed by atoms with Crippen molar-refractivity contribution in [2.45, 2.75) is 20.8 Å². The Balaban J connectivity index is 2.05. The van der Waals surface area contributed by atoms with E-state index in [4.69, 9.17) is 15.1 Å². The second-order valence-electron chi connectivity index (χ2n) is 6.22. The molecule has 1 aromatic carbocycles. The number of hydrogen-bond donors (Lipinski definition) is 1. The van der Waals surface area contributed by atoms with Crippen LogP contribution in [0.25, 0.3) is 27.3 Å². The first kappa shape index (κ1) is 16.9. The molecule has 6 nitrogen and oxygen atoms in total. The maximum Gasteiger partial charge on any atom is 0.230 e. The summed E-state index contributed by atoms with van der Waals surface area (Å²) in [5.74, 6) is 1.41. The highest BCUT2D eigenvalue weighted by molar-refractivity contribution is 7.18. The highest BCUT2D eigenvalue weighted by atomic mass is 32.1. The van der Waals surface area contributed by atoms with Gasteiger partial charge in [0.2, 0.25) is 5.95 Å². The van der Waals surface area contributed by atoms with Crippen LogP contribution in [-0.2, 0) is 0 Å². The fourth-order valence-corrected chi connectivity index (χ4v) is 4.16. The van der Waals surface area contributed by atoms with Crippen molar-refractivity contribution in [2.24, 2.45) is 0 Å². The van der Waals surface area contributed by atoms with Gasteiger partial charge in [-0.05, 0) is 26.3 Å². The molecule has 4 rings (SSSR count). The van der Waals surface area contributed by atoms with Crippen LogP contribution in [0.15, 0.2) is 30.3 Å². The number of aliphatic hydroxyl groups excluding tert-OH is 1. The summed E-state index contributed by atoms with van der Waals surface area (Å²) in [7, 11) is 0. The van der Waals surface area contributed by atoms with Crippen molar-refractivity contribution in [1.82, 2.24) is 19.6 Å². The number of fused-ring (bicyclic) bond motifs is 3. The number of nitrogens with zero attached hydrogens (tertiary/aromatic N) is 5. The van der Waals surface area contributed by atoms with Gasteiger partial charge in [0, 0.05) is 23.5 Å². The lowest BCUT2D eigenvalue weighted by Gasteiger charge is -2.20. The minimum atomic E-state index is 0.0672. The fourth-order valence-electron chi connectivity index (χ4n) is 3.14. The summed E-state index contributed by atoms with van der Waals surface area (Å²) < 4.78 is 1.82. The Labute approximate surface area is 155 Å². The van der Waals surface area contributed by atoms with Gasteiger partial charge >= 0.3 is 0 Å². The van der Waals surface area contributed by atoms with E-state index in [0.717, 1.165) is 33.9 Å². The second-order valence-corrected chi connectivity index (χ2v) is 7.42. The molecule has 0 atom stereocenters. The van der Waals surface area contributed by atoms with E-state index in [9.17, 15) is 5.11 Å². The van der Waals surface area contributed by atoms with Gasteiger partial charge in [0.05, 0.1) is 12.0 Å². The van der Waals surface area contributed by atoms with E-state index in [-0.39, 0.29) is 6.61 Å². The van der Waals surface area contributed by atoms with Gasteiger partial charge in [-0.25, -0.2) is 9.97 Å². The third kappa shape index (κ3) is 2.64. The van der Waals surface area contributed by atoms with Crippen LogP contribution in [0.3, 0.4) is 0 Å². The Kier molecular flexibility index (Phi) is 4.34. The van der Waals surface area contributed by atoms with E-state index in [1.54, 1.807) is 11.3 Å². The molecule has 0 aliphatic carbocycles. The highest BCUT2D eigenvalue weighted by Crippen LogP contribution is 2.34. The monoisotopic (exact) mass is 367 g/mol. The number of aliphatic hydroxyl groups is 1. The van der Waals surface area contributed by atoms with Crippen molar-refractivity contribution >= 4 is 33.1 Å². The fraction of sp³-hybridized carbons (Fsp3) is 0.316. The predicted octanol–water partition coefficient (Wildman–Crippen LogP) is 3.44. The summed E-state index contributed by atoms with van der Waals surface area (Å²) in [6, 6.07) is 9.98. The Morgan fingerprint density at radius 1 is 1.15 bits per heavy atom. The van der Waals surface area contributed by atoms with Gasteiger partial charge in [-0.3, -0.25) is 0 Å². The summed E-state index contributed by atoms with van der Waals surface area (Å²) in [5.41, 5.74) is 3.00. The summed E-state index contributed by atoms with van der Waals surface area (Å²) >= 11 is 1.68. The molecule has 7 heteroatoms. The number of thiophene rings is 1. The minimum absolute atomic E-state index is 0.0672. The maximum absolute atomic E-state index is 9.43. The number of rotatable bonds is 5. The topological polar surface area (TPSA) is 66.5 Å². The van der Waals surface area contributed by atoms with E-state index in [0.29, 0.717) is 12.4 Å². The quantitative estimate of drug-likeness (QED) is 0.585. The first-order chi connectivity index (χ1) is 12.6. The lowest BCUT2D eigenvalue weighted by Crippen LogP contribution is -2.29. The molecule has 3 heterocycles. The minimum Gasteiger partial charge on any atom is -0.395 e. The second kappa shape index (κ2) is 6.66. The molecule has 1 N–H and O–H groups in total. The lowest BCUT2D eigenvalue weighted by molar-refractivity contribution is 0.301. The average molecular weight is 367 g/mol. The molecule has 0 aliphatic heterocycles. The first-order valence-electron chi connectivity index (χ1n) is 8.71. The molecule has 0 radical (unpaired) electrons. The van der Waals surface area contributed by atoms with E-state index >= 15 is 0 Å². The molecule has 0 saturated carbocycles. The van der Waals surface area contributed by atoms with Gasteiger partial charge in [-0.1, -0.05) is 30.3 Å². The number of aryl methyl sites for hydroxylation is 2. The Morgan fingerprint density at radius 3 is 2.62 bits per heavy atom. The Morgan fingerprint density at radius 2 is 1.92 bits per heavy atom. The van der Waals surface area contributed by atoms with Crippen molar-refractivity contribution in [3.05, 3.63) is 40.8 Å². The molecule has 0 unspecified atom stereocenters. The van der Waals surface area contributed by atoms with Crippen LogP contribution in [0.2, 0.25) is 0 Å². The van der Waals surface area contributed by atoms with Crippen LogP contribution < -0.4 is 4.90 Å². The smallest absolute Gasteiger partial charge is 0.230 e. The maximum atomic E-state index is 9.43. The SMILES string of the molecule is CCN(CCO)c1nc2sc(C)c(C)c2c2nc(-c3ccccc3)nn12. The molecule has 0 spiro atoms. The molecule has 0 aliphatic rings. The third-order valence-electron chi connectivity index (χ3n) is 4.65. The number of benzene rings is 1. The molecule has 26 heavy (non-hydrogen) atoms. The standard InChI is InChI=1S/C19H21N5OS/c1-4-23(10-11-25)19-21-18-15(12(2)13(3)26-18)17-20-16(22-24(17)19)14-8-6-5-7-9-14/h5-9,25H,4,10-11H2,1-3H3. The van der Waals surface area contributed by atoms with Crippen molar-refractivity contribution in [3.8, 4) is 11.4 Å². The zero-order valence-electron chi connectivity index (χ0n) is 15.1. The number of likely N-dealkylation sites (N-methyl/N-ethyl adjacent to an activating group) is 1.